The Balaban J connectivity index is 1.71. The highest BCUT2D eigenvalue weighted by molar-refractivity contribution is 9.10. The number of rotatable bonds is 10. The lowest BCUT2D eigenvalue weighted by Crippen LogP contribution is -2.41. The SMILES string of the molecule is COC(=O)C1=C(CN2CC(F)(F)C[C@H]2CCCC(C)C(=O)O)NC(c2nccs2)=N[C@H]1c1ccc(F)cc1Br. The Morgan fingerprint density at radius 2 is 2.15 bits per heavy atom. The molecule has 0 radical (unpaired) electrons. The molecule has 2 N–H and O–H groups in total. The molecule has 2 aliphatic rings. The van der Waals surface area contributed by atoms with Gasteiger partial charge in [0.05, 0.1) is 25.1 Å². The summed E-state index contributed by atoms with van der Waals surface area (Å²) in [4.78, 5) is 34.9. The predicted molar refractivity (Wildman–Crippen MR) is 143 cm³/mol. The van der Waals surface area contributed by atoms with Crippen molar-refractivity contribution in [1.82, 2.24) is 15.2 Å². The number of methoxy groups -OCH3 is 1. The van der Waals surface area contributed by atoms with Gasteiger partial charge in [-0.3, -0.25) is 14.7 Å². The number of carbonyl (C=O) groups is 2. The average Bonchev–Trinajstić information content (AvgIpc) is 3.51. The van der Waals surface area contributed by atoms with Gasteiger partial charge in [0.2, 0.25) is 0 Å². The largest absolute Gasteiger partial charge is 0.481 e. The minimum Gasteiger partial charge on any atom is -0.481 e. The summed E-state index contributed by atoms with van der Waals surface area (Å²) in [5.74, 6) is -5.25. The Kier molecular flexibility index (Phi) is 9.12. The number of thiazole rings is 1. The van der Waals surface area contributed by atoms with Crippen LogP contribution in [-0.2, 0) is 14.3 Å². The van der Waals surface area contributed by atoms with Crippen molar-refractivity contribution < 1.29 is 32.6 Å². The van der Waals surface area contributed by atoms with Crippen LogP contribution in [0.3, 0.4) is 0 Å². The van der Waals surface area contributed by atoms with Crippen molar-refractivity contribution in [2.24, 2.45) is 10.9 Å². The smallest absolute Gasteiger partial charge is 0.338 e. The van der Waals surface area contributed by atoms with Gasteiger partial charge in [-0.15, -0.1) is 11.3 Å². The number of hydrogen-bond acceptors (Lipinski definition) is 8. The molecule has 0 spiro atoms. The van der Waals surface area contributed by atoms with Crippen molar-refractivity contribution in [3.8, 4) is 0 Å². The number of benzene rings is 1. The van der Waals surface area contributed by atoms with Gasteiger partial charge in [0.1, 0.15) is 11.9 Å². The molecule has 8 nitrogen and oxygen atoms in total. The Hall–Kier alpha value is -2.77. The van der Waals surface area contributed by atoms with E-state index < -0.39 is 48.2 Å². The Morgan fingerprint density at radius 1 is 1.38 bits per heavy atom. The van der Waals surface area contributed by atoms with Gasteiger partial charge < -0.3 is 15.2 Å². The van der Waals surface area contributed by atoms with Crippen molar-refractivity contribution in [3.63, 3.8) is 0 Å². The van der Waals surface area contributed by atoms with Crippen LogP contribution in [0, 0.1) is 11.7 Å². The molecule has 0 bridgehead atoms. The lowest BCUT2D eigenvalue weighted by molar-refractivity contribution is -0.141. The Labute approximate surface area is 236 Å². The van der Waals surface area contributed by atoms with Crippen molar-refractivity contribution in [3.05, 3.63) is 61.9 Å². The summed E-state index contributed by atoms with van der Waals surface area (Å²) < 4.78 is 48.6. The third kappa shape index (κ3) is 6.87. The number of halogens is 4. The second-order valence-electron chi connectivity index (χ2n) is 9.68. The van der Waals surface area contributed by atoms with E-state index in [9.17, 15) is 22.8 Å². The van der Waals surface area contributed by atoms with E-state index in [1.54, 1.807) is 23.4 Å². The Bertz CT molecular complexity index is 1290. The van der Waals surface area contributed by atoms with E-state index in [0.29, 0.717) is 45.8 Å². The van der Waals surface area contributed by atoms with E-state index in [1.165, 1.54) is 36.6 Å². The topological polar surface area (TPSA) is 104 Å². The molecule has 1 fully saturated rings. The van der Waals surface area contributed by atoms with Gasteiger partial charge in [-0.05, 0) is 30.5 Å². The molecule has 2 aliphatic heterocycles. The molecular weight excluding hydrogens is 601 g/mol. The molecule has 4 rings (SSSR count). The maximum absolute atomic E-state index is 14.6. The molecule has 0 saturated carbocycles. The fourth-order valence-electron chi connectivity index (χ4n) is 4.89. The maximum Gasteiger partial charge on any atom is 0.338 e. The number of carboxylic acids is 1. The lowest BCUT2D eigenvalue weighted by Gasteiger charge is -2.31. The quantitative estimate of drug-likeness (QED) is 0.350. The van der Waals surface area contributed by atoms with Crippen LogP contribution in [0.15, 0.2) is 50.5 Å². The summed E-state index contributed by atoms with van der Waals surface area (Å²) in [5.41, 5.74) is 0.958. The van der Waals surface area contributed by atoms with Crippen LogP contribution in [0.5, 0.6) is 0 Å². The number of hydrogen-bond donors (Lipinski definition) is 2. The van der Waals surface area contributed by atoms with Gasteiger partial charge in [0, 0.05) is 40.8 Å². The number of amidine groups is 1. The second kappa shape index (κ2) is 12.2. The molecule has 0 aliphatic carbocycles. The van der Waals surface area contributed by atoms with Crippen molar-refractivity contribution in [1.29, 1.82) is 0 Å². The molecular formula is C26H28BrF3N4O4S. The summed E-state index contributed by atoms with van der Waals surface area (Å²) >= 11 is 4.68. The first kappa shape index (κ1) is 29.2. The van der Waals surface area contributed by atoms with Crippen LogP contribution >= 0.6 is 27.3 Å². The zero-order valence-electron chi connectivity index (χ0n) is 21.3. The molecule has 13 heteroatoms. The van der Waals surface area contributed by atoms with Crippen molar-refractivity contribution in [2.45, 2.75) is 50.6 Å². The highest BCUT2D eigenvalue weighted by Gasteiger charge is 2.45. The minimum atomic E-state index is -2.94. The van der Waals surface area contributed by atoms with E-state index in [4.69, 9.17) is 14.8 Å². The van der Waals surface area contributed by atoms with Gasteiger partial charge in [0.15, 0.2) is 10.8 Å². The number of nitrogens with one attached hydrogen (secondary N) is 1. The van der Waals surface area contributed by atoms with Crippen LogP contribution in [0.2, 0.25) is 0 Å². The molecule has 0 amide bonds. The highest BCUT2D eigenvalue weighted by Crippen LogP contribution is 2.39. The number of carbonyl (C=O) groups excluding carboxylic acids is 1. The number of ether oxygens (including phenoxy) is 1. The zero-order valence-corrected chi connectivity index (χ0v) is 23.7. The molecule has 1 aromatic carbocycles. The molecule has 1 aromatic heterocycles. The summed E-state index contributed by atoms with van der Waals surface area (Å²) in [6.45, 7) is 1.05. The first-order chi connectivity index (χ1) is 18.5. The number of nitrogens with zero attached hydrogens (tertiary/aromatic N) is 3. The van der Waals surface area contributed by atoms with Crippen molar-refractivity contribution in [2.75, 3.05) is 20.2 Å². The fourth-order valence-corrected chi connectivity index (χ4v) is 6.04. The minimum absolute atomic E-state index is 0.0289. The van der Waals surface area contributed by atoms with E-state index in [1.807, 2.05) is 0 Å². The van der Waals surface area contributed by atoms with E-state index >= 15 is 0 Å². The monoisotopic (exact) mass is 628 g/mol. The van der Waals surface area contributed by atoms with E-state index in [-0.39, 0.29) is 18.5 Å². The number of alkyl halides is 2. The number of aromatic nitrogens is 1. The fraction of sp³-hybridized carbons (Fsp3) is 0.462. The van der Waals surface area contributed by atoms with Gasteiger partial charge in [-0.25, -0.2) is 22.9 Å². The normalized spacial score (nSPS) is 21.8. The van der Waals surface area contributed by atoms with E-state index in [2.05, 4.69) is 26.2 Å². The lowest BCUT2D eigenvalue weighted by atomic mass is 9.95. The first-order valence-corrected chi connectivity index (χ1v) is 14.0. The second-order valence-corrected chi connectivity index (χ2v) is 11.4. The van der Waals surface area contributed by atoms with Gasteiger partial charge in [-0.2, -0.15) is 0 Å². The summed E-state index contributed by atoms with van der Waals surface area (Å²) in [7, 11) is 1.22. The summed E-state index contributed by atoms with van der Waals surface area (Å²) in [5, 5.41) is 14.6. The standard InChI is InChI=1S/C26H28BrF3N4O4S/c1-14(24(35)36)4-3-5-16-11-26(29,30)13-34(16)12-19-20(25(37)38-2)21(17-7-6-15(28)10-18(17)27)33-22(32-19)23-31-8-9-39-23/h6-10,14,16,21H,3-5,11-13H2,1-2H3,(H,32,33)(H,35,36)/t14?,16-,21+/m1/s1. The van der Waals surface area contributed by atoms with E-state index in [0.717, 1.165) is 0 Å². The third-order valence-electron chi connectivity index (χ3n) is 6.87. The van der Waals surface area contributed by atoms with Crippen LogP contribution in [0.25, 0.3) is 0 Å². The Morgan fingerprint density at radius 3 is 2.79 bits per heavy atom. The van der Waals surface area contributed by atoms with Gasteiger partial charge in [-0.1, -0.05) is 35.3 Å². The molecule has 3 heterocycles. The summed E-state index contributed by atoms with van der Waals surface area (Å²) in [6.07, 6.45) is 2.46. The van der Waals surface area contributed by atoms with Crippen LogP contribution < -0.4 is 5.32 Å². The zero-order chi connectivity index (χ0) is 28.3. The molecule has 39 heavy (non-hydrogen) atoms. The predicted octanol–water partition coefficient (Wildman–Crippen LogP) is 5.16. The molecule has 1 saturated heterocycles. The maximum atomic E-state index is 14.6. The highest BCUT2D eigenvalue weighted by atomic mass is 79.9. The first-order valence-electron chi connectivity index (χ1n) is 12.3. The number of esters is 1. The van der Waals surface area contributed by atoms with Crippen LogP contribution in [0.1, 0.15) is 49.2 Å². The van der Waals surface area contributed by atoms with Crippen LogP contribution in [-0.4, -0.2) is 64.9 Å². The van der Waals surface area contributed by atoms with Crippen molar-refractivity contribution >= 4 is 45.0 Å². The molecule has 1 unspecified atom stereocenters. The van der Waals surface area contributed by atoms with Crippen LogP contribution in [0.4, 0.5) is 13.2 Å². The van der Waals surface area contributed by atoms with Gasteiger partial charge in [0.25, 0.3) is 5.92 Å². The number of likely N-dealkylation sites (tertiary alicyclic amines) is 1. The number of carboxylic acid groups (broad SMARTS) is 1. The molecule has 2 aromatic rings. The van der Waals surface area contributed by atoms with Gasteiger partial charge >= 0.3 is 11.9 Å². The number of aliphatic carboxylic acids is 1. The molecule has 3 atom stereocenters. The average molecular weight is 629 g/mol. The third-order valence-corrected chi connectivity index (χ3v) is 8.33. The number of aliphatic imine (C=N–C) groups is 1. The molecule has 210 valence electrons. The summed E-state index contributed by atoms with van der Waals surface area (Å²) in [6, 6.07) is 2.59.